The first kappa shape index (κ1) is 21.5. The van der Waals surface area contributed by atoms with E-state index in [1.165, 1.54) is 0 Å². The molecule has 9 heteroatoms. The van der Waals surface area contributed by atoms with Crippen LogP contribution in [0.15, 0.2) is 45.9 Å². The number of aromatic nitrogens is 3. The molecule has 1 atom stereocenters. The minimum Gasteiger partial charge on any atom is -0.360 e. The van der Waals surface area contributed by atoms with Crippen molar-refractivity contribution < 1.29 is 12.9 Å². The van der Waals surface area contributed by atoms with Crippen molar-refractivity contribution in [3.8, 4) is 11.1 Å². The van der Waals surface area contributed by atoms with Gasteiger partial charge in [-0.2, -0.15) is 4.31 Å². The van der Waals surface area contributed by atoms with Gasteiger partial charge in [0, 0.05) is 44.9 Å². The van der Waals surface area contributed by atoms with Crippen LogP contribution < -0.4 is 4.90 Å². The van der Waals surface area contributed by atoms with Crippen molar-refractivity contribution in [2.24, 2.45) is 0 Å². The Morgan fingerprint density at radius 2 is 1.90 bits per heavy atom. The minimum absolute atomic E-state index is 0.0408. The Labute approximate surface area is 183 Å². The van der Waals surface area contributed by atoms with Crippen LogP contribution in [0, 0.1) is 13.8 Å². The van der Waals surface area contributed by atoms with E-state index in [0.717, 1.165) is 29.7 Å². The van der Waals surface area contributed by atoms with Gasteiger partial charge < -0.3 is 9.42 Å². The van der Waals surface area contributed by atoms with E-state index in [1.807, 2.05) is 55.5 Å². The highest BCUT2D eigenvalue weighted by molar-refractivity contribution is 7.89. The second-order valence-electron chi connectivity index (χ2n) is 8.08. The zero-order valence-corrected chi connectivity index (χ0v) is 19.1. The summed E-state index contributed by atoms with van der Waals surface area (Å²) in [7, 11) is 0.0968. The molecule has 0 bridgehead atoms. The Hall–Kier alpha value is -2.78. The molecule has 0 unspecified atom stereocenters. The lowest BCUT2D eigenvalue weighted by atomic mass is 9.91. The first-order chi connectivity index (χ1) is 14.8. The van der Waals surface area contributed by atoms with E-state index >= 15 is 0 Å². The van der Waals surface area contributed by atoms with Gasteiger partial charge in [-0.3, -0.25) is 0 Å². The summed E-state index contributed by atoms with van der Waals surface area (Å²) in [5, 5.41) is 3.83. The molecular weight excluding hydrogens is 414 g/mol. The number of hydrogen-bond acceptors (Lipinski definition) is 7. The molecule has 0 spiro atoms. The smallest absolute Gasteiger partial charge is 0.248 e. The lowest BCUT2D eigenvalue weighted by molar-refractivity contribution is 0.312. The molecule has 8 nitrogen and oxygen atoms in total. The summed E-state index contributed by atoms with van der Waals surface area (Å²) in [6.45, 7) is 4.12. The molecule has 0 saturated carbocycles. The van der Waals surface area contributed by atoms with Gasteiger partial charge in [0.1, 0.15) is 10.6 Å². The van der Waals surface area contributed by atoms with Crippen LogP contribution in [-0.4, -0.2) is 55.0 Å². The monoisotopic (exact) mass is 441 g/mol. The molecule has 0 aliphatic carbocycles. The Morgan fingerprint density at radius 3 is 2.55 bits per heavy atom. The Bertz CT molecular complexity index is 1160. The van der Waals surface area contributed by atoms with Gasteiger partial charge in [-0.15, -0.1) is 0 Å². The predicted molar refractivity (Wildman–Crippen MR) is 119 cm³/mol. The van der Waals surface area contributed by atoms with E-state index in [1.54, 1.807) is 18.2 Å². The lowest BCUT2D eigenvalue weighted by Gasteiger charge is -2.32. The number of piperidine rings is 1. The summed E-state index contributed by atoms with van der Waals surface area (Å²) >= 11 is 0. The normalized spacial score (nSPS) is 17.6. The molecule has 1 fully saturated rings. The van der Waals surface area contributed by atoms with Crippen LogP contribution in [0.1, 0.15) is 35.9 Å². The summed E-state index contributed by atoms with van der Waals surface area (Å²) in [6, 6.07) is 9.98. The summed E-state index contributed by atoms with van der Waals surface area (Å²) in [5.41, 5.74) is 3.23. The Balaban J connectivity index is 1.74. The molecule has 31 heavy (non-hydrogen) atoms. The molecule has 1 aromatic carbocycles. The fourth-order valence-electron chi connectivity index (χ4n) is 4.11. The molecule has 4 rings (SSSR count). The molecule has 0 amide bonds. The highest BCUT2D eigenvalue weighted by Gasteiger charge is 2.36. The van der Waals surface area contributed by atoms with Crippen molar-refractivity contribution in [2.75, 3.05) is 32.1 Å². The molecule has 164 valence electrons. The maximum absolute atomic E-state index is 13.4. The maximum atomic E-state index is 13.4. The topological polar surface area (TPSA) is 92.4 Å². The average Bonchev–Trinajstić information content (AvgIpc) is 3.12. The van der Waals surface area contributed by atoms with Crippen LogP contribution in [0.25, 0.3) is 11.1 Å². The third-order valence-electron chi connectivity index (χ3n) is 5.63. The van der Waals surface area contributed by atoms with Gasteiger partial charge in [-0.1, -0.05) is 35.5 Å². The fraction of sp³-hybridized carbons (Fsp3) is 0.409. The van der Waals surface area contributed by atoms with Crippen LogP contribution in [0.4, 0.5) is 5.95 Å². The summed E-state index contributed by atoms with van der Waals surface area (Å²) in [5.74, 6) is 0.891. The maximum Gasteiger partial charge on any atom is 0.248 e. The lowest BCUT2D eigenvalue weighted by Crippen LogP contribution is -2.39. The third kappa shape index (κ3) is 4.07. The largest absolute Gasteiger partial charge is 0.360 e. The molecule has 3 aromatic rings. The van der Waals surface area contributed by atoms with Gasteiger partial charge in [-0.25, -0.2) is 18.4 Å². The minimum atomic E-state index is -3.70. The number of aryl methyl sites for hydroxylation is 2. The summed E-state index contributed by atoms with van der Waals surface area (Å²) in [6.07, 6.45) is 3.45. The van der Waals surface area contributed by atoms with E-state index in [9.17, 15) is 8.42 Å². The molecule has 3 heterocycles. The Kier molecular flexibility index (Phi) is 5.81. The van der Waals surface area contributed by atoms with Gasteiger partial charge in [0.25, 0.3) is 0 Å². The zero-order chi connectivity index (χ0) is 22.2. The standard InChI is InChI=1S/C22H27N5O3S/c1-15-21(16(2)30-25-15)31(28,29)27-12-8-11-18(14-27)20-19(17-9-6-5-7-10-17)13-23-22(24-20)26(3)4/h5-7,9-10,13,18H,8,11-12,14H2,1-4H3/t18-/m1/s1. The highest BCUT2D eigenvalue weighted by Crippen LogP contribution is 2.36. The van der Waals surface area contributed by atoms with Crippen molar-refractivity contribution in [3.05, 3.63) is 53.7 Å². The van der Waals surface area contributed by atoms with E-state index in [2.05, 4.69) is 10.1 Å². The van der Waals surface area contributed by atoms with Gasteiger partial charge >= 0.3 is 0 Å². The number of nitrogens with zero attached hydrogens (tertiary/aromatic N) is 5. The molecule has 1 aliphatic rings. The number of benzene rings is 1. The van der Waals surface area contributed by atoms with Gasteiger partial charge in [0.05, 0.1) is 5.69 Å². The van der Waals surface area contributed by atoms with Gasteiger partial charge in [0.15, 0.2) is 5.76 Å². The van der Waals surface area contributed by atoms with Gasteiger partial charge in [-0.05, 0) is 32.3 Å². The number of rotatable bonds is 5. The highest BCUT2D eigenvalue weighted by atomic mass is 32.2. The number of anilines is 1. The quantitative estimate of drug-likeness (QED) is 0.599. The summed E-state index contributed by atoms with van der Waals surface area (Å²) < 4.78 is 33.4. The van der Waals surface area contributed by atoms with Crippen LogP contribution in [0.3, 0.4) is 0 Å². The van der Waals surface area contributed by atoms with Crippen LogP contribution >= 0.6 is 0 Å². The van der Waals surface area contributed by atoms with Crippen LogP contribution in [-0.2, 0) is 10.0 Å². The fourth-order valence-corrected chi connectivity index (χ4v) is 5.92. The van der Waals surface area contributed by atoms with Crippen molar-refractivity contribution >= 4 is 16.0 Å². The van der Waals surface area contributed by atoms with Crippen molar-refractivity contribution in [2.45, 2.75) is 37.5 Å². The molecule has 2 aromatic heterocycles. The summed E-state index contributed by atoms with van der Waals surface area (Å²) in [4.78, 5) is 11.4. The first-order valence-corrected chi connectivity index (χ1v) is 11.8. The Morgan fingerprint density at radius 1 is 1.16 bits per heavy atom. The van der Waals surface area contributed by atoms with Crippen molar-refractivity contribution in [1.82, 2.24) is 19.4 Å². The second kappa shape index (κ2) is 8.39. The zero-order valence-electron chi connectivity index (χ0n) is 18.2. The first-order valence-electron chi connectivity index (χ1n) is 10.3. The predicted octanol–water partition coefficient (Wildman–Crippen LogP) is 3.38. The van der Waals surface area contributed by atoms with E-state index < -0.39 is 10.0 Å². The van der Waals surface area contributed by atoms with E-state index in [0.29, 0.717) is 30.5 Å². The molecule has 0 radical (unpaired) electrons. The molecule has 1 saturated heterocycles. The second-order valence-corrected chi connectivity index (χ2v) is 9.96. The number of hydrogen-bond donors (Lipinski definition) is 0. The van der Waals surface area contributed by atoms with Crippen molar-refractivity contribution in [1.29, 1.82) is 0 Å². The van der Waals surface area contributed by atoms with Crippen LogP contribution in [0.5, 0.6) is 0 Å². The molecule has 1 aliphatic heterocycles. The van der Waals surface area contributed by atoms with E-state index in [4.69, 9.17) is 9.51 Å². The molecular formula is C22H27N5O3S. The van der Waals surface area contributed by atoms with Crippen LogP contribution in [0.2, 0.25) is 0 Å². The van der Waals surface area contributed by atoms with Crippen molar-refractivity contribution in [3.63, 3.8) is 0 Å². The molecule has 0 N–H and O–H groups in total. The number of sulfonamides is 1. The van der Waals surface area contributed by atoms with E-state index in [-0.39, 0.29) is 10.8 Å². The average molecular weight is 442 g/mol. The van der Waals surface area contributed by atoms with Gasteiger partial charge in [0.2, 0.25) is 16.0 Å². The third-order valence-corrected chi connectivity index (χ3v) is 7.74. The SMILES string of the molecule is Cc1noc(C)c1S(=O)(=O)N1CCC[C@@H](c2nc(N(C)C)ncc2-c2ccccc2)C1.